The standard InChI is InChI=1S/C14H12FN3/c1-2-17-14-10(9-16)7-8-13(18-14)11-5-3-4-6-12(11)15/h3-8H,2H2,1H3,(H,17,18). The minimum Gasteiger partial charge on any atom is -0.369 e. The van der Waals surface area contributed by atoms with Crippen LogP contribution in [0.4, 0.5) is 10.2 Å². The molecule has 1 aromatic heterocycles. The van der Waals surface area contributed by atoms with Crippen LogP contribution >= 0.6 is 0 Å². The summed E-state index contributed by atoms with van der Waals surface area (Å²) in [5, 5.41) is 12.0. The van der Waals surface area contributed by atoms with Gasteiger partial charge in [0.2, 0.25) is 0 Å². The van der Waals surface area contributed by atoms with E-state index in [2.05, 4.69) is 16.4 Å². The molecule has 1 N–H and O–H groups in total. The van der Waals surface area contributed by atoms with E-state index in [1.807, 2.05) is 6.92 Å². The lowest BCUT2D eigenvalue weighted by atomic mass is 10.1. The van der Waals surface area contributed by atoms with Gasteiger partial charge in [-0.25, -0.2) is 9.37 Å². The molecule has 0 bridgehead atoms. The second-order valence-corrected chi connectivity index (χ2v) is 3.71. The maximum absolute atomic E-state index is 13.6. The SMILES string of the molecule is CCNc1nc(-c2ccccc2F)ccc1C#N. The van der Waals surface area contributed by atoms with Crippen molar-refractivity contribution < 1.29 is 4.39 Å². The summed E-state index contributed by atoms with van der Waals surface area (Å²) in [6.07, 6.45) is 0. The Morgan fingerprint density at radius 1 is 1.28 bits per heavy atom. The molecule has 1 aromatic carbocycles. The molecule has 0 saturated heterocycles. The Morgan fingerprint density at radius 2 is 2.06 bits per heavy atom. The summed E-state index contributed by atoms with van der Waals surface area (Å²) in [6, 6.07) is 11.8. The Morgan fingerprint density at radius 3 is 2.72 bits per heavy atom. The van der Waals surface area contributed by atoms with Crippen LogP contribution in [-0.4, -0.2) is 11.5 Å². The van der Waals surface area contributed by atoms with Gasteiger partial charge in [-0.1, -0.05) is 12.1 Å². The second-order valence-electron chi connectivity index (χ2n) is 3.71. The van der Waals surface area contributed by atoms with Gasteiger partial charge >= 0.3 is 0 Å². The molecule has 0 aliphatic carbocycles. The molecule has 0 fully saturated rings. The molecular formula is C14H12FN3. The van der Waals surface area contributed by atoms with Crippen LogP contribution in [0.2, 0.25) is 0 Å². The highest BCUT2D eigenvalue weighted by Crippen LogP contribution is 2.23. The van der Waals surface area contributed by atoms with Crippen LogP contribution in [0.5, 0.6) is 0 Å². The molecule has 0 aliphatic rings. The summed E-state index contributed by atoms with van der Waals surface area (Å²) in [7, 11) is 0. The third kappa shape index (κ3) is 2.30. The maximum Gasteiger partial charge on any atom is 0.144 e. The molecule has 0 saturated carbocycles. The smallest absolute Gasteiger partial charge is 0.144 e. The summed E-state index contributed by atoms with van der Waals surface area (Å²) >= 11 is 0. The van der Waals surface area contributed by atoms with Crippen molar-refractivity contribution in [2.75, 3.05) is 11.9 Å². The number of nitrogens with one attached hydrogen (secondary N) is 1. The molecule has 0 atom stereocenters. The van der Waals surface area contributed by atoms with Gasteiger partial charge < -0.3 is 5.32 Å². The number of anilines is 1. The number of nitriles is 1. The Labute approximate surface area is 105 Å². The van der Waals surface area contributed by atoms with E-state index in [0.717, 1.165) is 0 Å². The number of hydrogen-bond acceptors (Lipinski definition) is 3. The molecule has 2 aromatic rings. The molecule has 0 spiro atoms. The van der Waals surface area contributed by atoms with Gasteiger partial charge in [0.15, 0.2) is 0 Å². The molecule has 0 amide bonds. The zero-order valence-corrected chi connectivity index (χ0v) is 9.94. The van der Waals surface area contributed by atoms with E-state index in [-0.39, 0.29) is 5.82 Å². The molecule has 3 nitrogen and oxygen atoms in total. The molecule has 0 unspecified atom stereocenters. The van der Waals surface area contributed by atoms with Crippen LogP contribution in [0.25, 0.3) is 11.3 Å². The number of hydrogen-bond donors (Lipinski definition) is 1. The van der Waals surface area contributed by atoms with Gasteiger partial charge in [0.1, 0.15) is 17.7 Å². The van der Waals surface area contributed by atoms with E-state index < -0.39 is 0 Å². The van der Waals surface area contributed by atoms with Gasteiger partial charge in [0.05, 0.1) is 11.3 Å². The van der Waals surface area contributed by atoms with E-state index in [9.17, 15) is 4.39 Å². The molecule has 4 heteroatoms. The number of pyridine rings is 1. The van der Waals surface area contributed by atoms with Crippen molar-refractivity contribution in [3.63, 3.8) is 0 Å². The lowest BCUT2D eigenvalue weighted by molar-refractivity contribution is 0.631. The zero-order chi connectivity index (χ0) is 13.0. The minimum atomic E-state index is -0.322. The third-order valence-electron chi connectivity index (χ3n) is 2.51. The summed E-state index contributed by atoms with van der Waals surface area (Å²) in [6.45, 7) is 2.57. The largest absolute Gasteiger partial charge is 0.369 e. The molecular weight excluding hydrogens is 229 g/mol. The Bertz CT molecular complexity index is 602. The van der Waals surface area contributed by atoms with Gasteiger partial charge in [-0.2, -0.15) is 5.26 Å². The fourth-order valence-electron chi connectivity index (χ4n) is 1.67. The predicted molar refractivity (Wildman–Crippen MR) is 68.5 cm³/mol. The summed E-state index contributed by atoms with van der Waals surface area (Å²) in [5.74, 6) is 0.165. The van der Waals surface area contributed by atoms with Gasteiger partial charge in [-0.15, -0.1) is 0 Å². The minimum absolute atomic E-state index is 0.322. The Kier molecular flexibility index (Phi) is 3.54. The van der Waals surface area contributed by atoms with Crippen LogP contribution in [0.15, 0.2) is 36.4 Å². The van der Waals surface area contributed by atoms with Gasteiger partial charge in [-0.05, 0) is 31.2 Å². The second kappa shape index (κ2) is 5.28. The lowest BCUT2D eigenvalue weighted by Gasteiger charge is -2.08. The van der Waals surface area contributed by atoms with Gasteiger partial charge in [0, 0.05) is 12.1 Å². The van der Waals surface area contributed by atoms with Crippen molar-refractivity contribution in [2.45, 2.75) is 6.92 Å². The summed E-state index contributed by atoms with van der Waals surface area (Å²) in [5.41, 5.74) is 1.40. The van der Waals surface area contributed by atoms with E-state index in [1.165, 1.54) is 6.07 Å². The molecule has 90 valence electrons. The molecule has 18 heavy (non-hydrogen) atoms. The van der Waals surface area contributed by atoms with Crippen LogP contribution in [0, 0.1) is 17.1 Å². The van der Waals surface area contributed by atoms with Crippen molar-refractivity contribution in [2.24, 2.45) is 0 Å². The van der Waals surface area contributed by atoms with Crippen molar-refractivity contribution in [3.8, 4) is 17.3 Å². The van der Waals surface area contributed by atoms with Gasteiger partial charge in [0.25, 0.3) is 0 Å². The summed E-state index contributed by atoms with van der Waals surface area (Å²) < 4.78 is 13.6. The molecule has 1 heterocycles. The topological polar surface area (TPSA) is 48.7 Å². The predicted octanol–water partition coefficient (Wildman–Crippen LogP) is 3.19. The molecule has 0 radical (unpaired) electrons. The average Bonchev–Trinajstić information content (AvgIpc) is 2.40. The van der Waals surface area contributed by atoms with Crippen molar-refractivity contribution in [3.05, 3.63) is 47.8 Å². The molecule has 0 aliphatic heterocycles. The highest BCUT2D eigenvalue weighted by molar-refractivity contribution is 5.65. The van der Waals surface area contributed by atoms with Crippen molar-refractivity contribution in [1.29, 1.82) is 5.26 Å². The third-order valence-corrected chi connectivity index (χ3v) is 2.51. The van der Waals surface area contributed by atoms with Crippen LogP contribution in [0.3, 0.4) is 0 Å². The fraction of sp³-hybridized carbons (Fsp3) is 0.143. The summed E-state index contributed by atoms with van der Waals surface area (Å²) in [4.78, 5) is 4.29. The normalized spacial score (nSPS) is 9.83. The highest BCUT2D eigenvalue weighted by atomic mass is 19.1. The number of halogens is 1. The van der Waals surface area contributed by atoms with Gasteiger partial charge in [-0.3, -0.25) is 0 Å². The molecule has 2 rings (SSSR count). The quantitative estimate of drug-likeness (QED) is 0.897. The monoisotopic (exact) mass is 241 g/mol. The Balaban J connectivity index is 2.51. The van der Waals surface area contributed by atoms with Crippen molar-refractivity contribution >= 4 is 5.82 Å². The number of aromatic nitrogens is 1. The number of benzene rings is 1. The Hall–Kier alpha value is -2.41. The van der Waals surface area contributed by atoms with Crippen LogP contribution in [0.1, 0.15) is 12.5 Å². The van der Waals surface area contributed by atoms with E-state index >= 15 is 0 Å². The highest BCUT2D eigenvalue weighted by Gasteiger charge is 2.09. The first-order valence-corrected chi connectivity index (χ1v) is 5.66. The van der Waals surface area contributed by atoms with E-state index in [4.69, 9.17) is 5.26 Å². The lowest BCUT2D eigenvalue weighted by Crippen LogP contribution is -2.03. The number of nitrogens with zero attached hydrogens (tertiary/aromatic N) is 2. The van der Waals surface area contributed by atoms with Crippen LogP contribution in [-0.2, 0) is 0 Å². The first-order chi connectivity index (χ1) is 8.76. The first kappa shape index (κ1) is 12.1. The van der Waals surface area contributed by atoms with Crippen LogP contribution < -0.4 is 5.32 Å². The maximum atomic E-state index is 13.6. The fourth-order valence-corrected chi connectivity index (χ4v) is 1.67. The number of rotatable bonds is 3. The first-order valence-electron chi connectivity index (χ1n) is 5.66. The van der Waals surface area contributed by atoms with E-state index in [0.29, 0.717) is 29.2 Å². The zero-order valence-electron chi connectivity index (χ0n) is 9.94. The average molecular weight is 241 g/mol. The van der Waals surface area contributed by atoms with Crippen molar-refractivity contribution in [1.82, 2.24) is 4.98 Å². The van der Waals surface area contributed by atoms with E-state index in [1.54, 1.807) is 30.3 Å².